The van der Waals surface area contributed by atoms with Crippen LogP contribution in [0.15, 0.2) is 48.5 Å². The lowest BCUT2D eigenvalue weighted by Gasteiger charge is -2.11. The Balaban J connectivity index is 1.79. The molecule has 2 aromatic carbocycles. The van der Waals surface area contributed by atoms with Gasteiger partial charge in [-0.05, 0) is 56.3 Å². The van der Waals surface area contributed by atoms with E-state index in [0.717, 1.165) is 5.75 Å². The highest BCUT2D eigenvalue weighted by Crippen LogP contribution is 2.16. The molecular formula is C20H25N3O4. The van der Waals surface area contributed by atoms with Crippen molar-refractivity contribution in [1.82, 2.24) is 10.6 Å². The summed E-state index contributed by atoms with van der Waals surface area (Å²) in [5.41, 5.74) is 1.01. The number of hydrogen-bond acceptors (Lipinski definition) is 4. The number of hydrogen-bond donors (Lipinski definition) is 3. The number of nitrogens with one attached hydrogen (secondary N) is 3. The minimum Gasteiger partial charge on any atom is -0.497 e. The van der Waals surface area contributed by atoms with E-state index in [2.05, 4.69) is 16.0 Å². The van der Waals surface area contributed by atoms with Gasteiger partial charge in [-0.1, -0.05) is 6.07 Å². The maximum Gasteiger partial charge on any atom is 0.319 e. The third-order valence-corrected chi connectivity index (χ3v) is 3.52. The molecule has 0 saturated carbocycles. The van der Waals surface area contributed by atoms with Crippen molar-refractivity contribution < 1.29 is 19.1 Å². The van der Waals surface area contributed by atoms with Crippen molar-refractivity contribution in [3.05, 3.63) is 54.1 Å². The number of carbonyl (C=O) groups excluding carboxylic acids is 2. The van der Waals surface area contributed by atoms with Gasteiger partial charge in [-0.15, -0.1) is 0 Å². The van der Waals surface area contributed by atoms with Crippen LogP contribution in [-0.2, 0) is 0 Å². The van der Waals surface area contributed by atoms with Crippen molar-refractivity contribution in [2.75, 3.05) is 25.6 Å². The molecule has 0 radical (unpaired) electrons. The fourth-order valence-corrected chi connectivity index (χ4v) is 2.28. The van der Waals surface area contributed by atoms with Gasteiger partial charge in [-0.2, -0.15) is 0 Å². The molecule has 3 amide bonds. The van der Waals surface area contributed by atoms with E-state index in [9.17, 15) is 9.59 Å². The standard InChI is InChI=1S/C20H25N3O4/c1-14(2)22-20(25)23-16-6-4-5-15(13-16)19(24)21-11-12-27-18-9-7-17(26-3)8-10-18/h4-10,13-14H,11-12H2,1-3H3,(H,21,24)(H2,22,23,25). The molecule has 0 bridgehead atoms. The number of methoxy groups -OCH3 is 1. The highest BCUT2D eigenvalue weighted by molar-refractivity contribution is 5.96. The Morgan fingerprint density at radius 3 is 2.41 bits per heavy atom. The molecule has 0 aliphatic heterocycles. The molecule has 7 heteroatoms. The number of rotatable bonds is 8. The minimum atomic E-state index is -0.310. The van der Waals surface area contributed by atoms with Crippen molar-refractivity contribution in [3.63, 3.8) is 0 Å². The molecular weight excluding hydrogens is 346 g/mol. The topological polar surface area (TPSA) is 88.7 Å². The van der Waals surface area contributed by atoms with Crippen LogP contribution in [0.25, 0.3) is 0 Å². The Morgan fingerprint density at radius 1 is 1.04 bits per heavy atom. The summed E-state index contributed by atoms with van der Waals surface area (Å²) >= 11 is 0. The van der Waals surface area contributed by atoms with Gasteiger partial charge in [-0.25, -0.2) is 4.79 Å². The van der Waals surface area contributed by atoms with E-state index in [0.29, 0.717) is 30.2 Å². The van der Waals surface area contributed by atoms with Gasteiger partial charge in [0.25, 0.3) is 5.91 Å². The number of anilines is 1. The Hall–Kier alpha value is -3.22. The normalized spacial score (nSPS) is 10.2. The summed E-state index contributed by atoms with van der Waals surface area (Å²) in [7, 11) is 1.60. The van der Waals surface area contributed by atoms with E-state index in [1.165, 1.54) is 0 Å². The highest BCUT2D eigenvalue weighted by atomic mass is 16.5. The summed E-state index contributed by atoms with van der Waals surface area (Å²) < 4.78 is 10.7. The van der Waals surface area contributed by atoms with E-state index < -0.39 is 0 Å². The number of carbonyl (C=O) groups is 2. The maximum absolute atomic E-state index is 12.2. The fourth-order valence-electron chi connectivity index (χ4n) is 2.28. The van der Waals surface area contributed by atoms with Gasteiger partial charge >= 0.3 is 6.03 Å². The Morgan fingerprint density at radius 2 is 1.74 bits per heavy atom. The minimum absolute atomic E-state index is 0.0298. The van der Waals surface area contributed by atoms with Crippen molar-refractivity contribution in [2.45, 2.75) is 19.9 Å². The van der Waals surface area contributed by atoms with Crippen molar-refractivity contribution in [3.8, 4) is 11.5 Å². The number of amides is 3. The molecule has 0 aliphatic rings. The fraction of sp³-hybridized carbons (Fsp3) is 0.300. The lowest BCUT2D eigenvalue weighted by atomic mass is 10.2. The molecule has 0 heterocycles. The molecule has 7 nitrogen and oxygen atoms in total. The summed E-state index contributed by atoms with van der Waals surface area (Å²) in [6.45, 7) is 4.44. The molecule has 0 unspecified atom stereocenters. The van der Waals surface area contributed by atoms with Crippen molar-refractivity contribution in [2.24, 2.45) is 0 Å². The van der Waals surface area contributed by atoms with Gasteiger partial charge in [0.05, 0.1) is 13.7 Å². The Kier molecular flexibility index (Phi) is 7.49. The van der Waals surface area contributed by atoms with E-state index in [4.69, 9.17) is 9.47 Å². The van der Waals surface area contributed by atoms with Crippen LogP contribution < -0.4 is 25.4 Å². The Bertz CT molecular complexity index is 760. The van der Waals surface area contributed by atoms with Gasteiger partial charge in [0.15, 0.2) is 0 Å². The van der Waals surface area contributed by atoms with Gasteiger partial charge in [0, 0.05) is 17.3 Å². The molecule has 0 aromatic heterocycles. The SMILES string of the molecule is COc1ccc(OCCNC(=O)c2cccc(NC(=O)NC(C)C)c2)cc1. The monoisotopic (exact) mass is 371 g/mol. The summed E-state index contributed by atoms with van der Waals surface area (Å²) in [5, 5.41) is 8.22. The third kappa shape index (κ3) is 6.89. The van der Waals surface area contributed by atoms with Crippen LogP contribution in [0.4, 0.5) is 10.5 Å². The number of ether oxygens (including phenoxy) is 2. The number of urea groups is 1. The molecule has 2 aromatic rings. The second kappa shape index (κ2) is 10.1. The second-order valence-electron chi connectivity index (χ2n) is 6.11. The molecule has 0 spiro atoms. The van der Waals surface area contributed by atoms with Crippen LogP contribution in [0.1, 0.15) is 24.2 Å². The predicted molar refractivity (Wildman–Crippen MR) is 105 cm³/mol. The van der Waals surface area contributed by atoms with Crippen molar-refractivity contribution in [1.29, 1.82) is 0 Å². The lowest BCUT2D eigenvalue weighted by Crippen LogP contribution is -2.34. The molecule has 0 atom stereocenters. The van der Waals surface area contributed by atoms with Crippen molar-refractivity contribution >= 4 is 17.6 Å². The first-order chi connectivity index (χ1) is 13.0. The highest BCUT2D eigenvalue weighted by Gasteiger charge is 2.08. The average Bonchev–Trinajstić information content (AvgIpc) is 2.65. The van der Waals surface area contributed by atoms with Gasteiger partial charge < -0.3 is 25.4 Å². The first-order valence-corrected chi connectivity index (χ1v) is 8.70. The number of benzene rings is 2. The smallest absolute Gasteiger partial charge is 0.319 e. The van der Waals surface area contributed by atoms with Gasteiger partial charge in [-0.3, -0.25) is 4.79 Å². The first-order valence-electron chi connectivity index (χ1n) is 8.70. The van der Waals surface area contributed by atoms with Crippen LogP contribution in [0.2, 0.25) is 0 Å². The largest absolute Gasteiger partial charge is 0.497 e. The first kappa shape index (κ1) is 20.1. The summed E-state index contributed by atoms with van der Waals surface area (Å²) in [6.07, 6.45) is 0. The van der Waals surface area contributed by atoms with E-state index in [-0.39, 0.29) is 18.0 Å². The molecule has 0 fully saturated rings. The molecule has 27 heavy (non-hydrogen) atoms. The zero-order valence-electron chi connectivity index (χ0n) is 15.7. The second-order valence-corrected chi connectivity index (χ2v) is 6.11. The van der Waals surface area contributed by atoms with Crippen LogP contribution in [0.5, 0.6) is 11.5 Å². The summed E-state index contributed by atoms with van der Waals surface area (Å²) in [4.78, 5) is 24.0. The lowest BCUT2D eigenvalue weighted by molar-refractivity contribution is 0.0947. The van der Waals surface area contributed by atoms with Gasteiger partial charge in [0.1, 0.15) is 18.1 Å². The van der Waals surface area contributed by atoms with E-state index >= 15 is 0 Å². The van der Waals surface area contributed by atoms with Crippen LogP contribution in [-0.4, -0.2) is 38.2 Å². The Labute approximate surface area is 159 Å². The van der Waals surface area contributed by atoms with Gasteiger partial charge in [0.2, 0.25) is 0 Å². The van der Waals surface area contributed by atoms with Crippen LogP contribution in [0.3, 0.4) is 0 Å². The third-order valence-electron chi connectivity index (χ3n) is 3.52. The quantitative estimate of drug-likeness (QED) is 0.622. The molecule has 2 rings (SSSR count). The zero-order chi connectivity index (χ0) is 19.6. The van der Waals surface area contributed by atoms with E-state index in [1.54, 1.807) is 43.5 Å². The molecule has 144 valence electrons. The molecule has 0 saturated heterocycles. The summed E-state index contributed by atoms with van der Waals surface area (Å²) in [6, 6.07) is 13.7. The van der Waals surface area contributed by atoms with Crippen LogP contribution in [0, 0.1) is 0 Å². The molecule has 3 N–H and O–H groups in total. The van der Waals surface area contributed by atoms with Crippen LogP contribution >= 0.6 is 0 Å². The average molecular weight is 371 g/mol. The zero-order valence-corrected chi connectivity index (χ0v) is 15.7. The summed E-state index contributed by atoms with van der Waals surface area (Å²) in [5.74, 6) is 1.22. The predicted octanol–water partition coefficient (Wildman–Crippen LogP) is 3.03. The molecule has 0 aliphatic carbocycles. The van der Waals surface area contributed by atoms with E-state index in [1.807, 2.05) is 26.0 Å². The maximum atomic E-state index is 12.2.